The minimum Gasteiger partial charge on any atom is -0.493 e. The highest BCUT2D eigenvalue weighted by atomic mass is 16.5. The molecule has 0 bridgehead atoms. The number of aromatic nitrogens is 3. The number of fused-ring (bicyclic) bond motifs is 2. The number of benzene rings is 1. The Bertz CT molecular complexity index is 1030. The monoisotopic (exact) mass is 408 g/mol. The van der Waals surface area contributed by atoms with E-state index in [1.807, 2.05) is 29.2 Å². The maximum Gasteiger partial charge on any atom is 0.274 e. The molecule has 1 aliphatic heterocycles. The largest absolute Gasteiger partial charge is 0.493 e. The Kier molecular flexibility index (Phi) is 4.78. The highest BCUT2D eigenvalue weighted by Crippen LogP contribution is 2.39. The highest BCUT2D eigenvalue weighted by Gasteiger charge is 2.44. The summed E-state index contributed by atoms with van der Waals surface area (Å²) in [7, 11) is 1.60. The molecule has 5 rings (SSSR count). The number of nitrogens with zero attached hydrogens (tertiary/aromatic N) is 4. The molecule has 1 aromatic carbocycles. The summed E-state index contributed by atoms with van der Waals surface area (Å²) >= 11 is 0. The number of carbonyl (C=O) groups excluding carboxylic acids is 1. The molecule has 1 saturated heterocycles. The van der Waals surface area contributed by atoms with Crippen LogP contribution in [-0.2, 0) is 0 Å². The van der Waals surface area contributed by atoms with Crippen LogP contribution in [0.5, 0.6) is 11.5 Å². The quantitative estimate of drug-likeness (QED) is 0.711. The maximum atomic E-state index is 13.0. The Hall–Kier alpha value is -3.13. The molecule has 1 saturated carbocycles. The van der Waals surface area contributed by atoms with Crippen molar-refractivity contribution in [3.05, 3.63) is 54.5 Å². The van der Waals surface area contributed by atoms with Crippen molar-refractivity contribution < 1.29 is 19.4 Å². The molecule has 0 radical (unpaired) electrons. The number of aliphatic hydroxyl groups excluding tert-OH is 1. The van der Waals surface area contributed by atoms with Gasteiger partial charge in [0.05, 0.1) is 13.2 Å². The summed E-state index contributed by atoms with van der Waals surface area (Å²) < 4.78 is 13.1. The van der Waals surface area contributed by atoms with Gasteiger partial charge < -0.3 is 19.5 Å². The number of hydrogen-bond donors (Lipinski definition) is 1. The first kappa shape index (κ1) is 18.9. The Morgan fingerprint density at radius 2 is 1.90 bits per heavy atom. The highest BCUT2D eigenvalue weighted by molar-refractivity contribution is 5.93. The van der Waals surface area contributed by atoms with Crippen molar-refractivity contribution in [1.82, 2.24) is 19.5 Å². The van der Waals surface area contributed by atoms with Gasteiger partial charge in [0.15, 0.2) is 22.8 Å². The van der Waals surface area contributed by atoms with Gasteiger partial charge in [-0.1, -0.05) is 12.1 Å². The van der Waals surface area contributed by atoms with Crippen molar-refractivity contribution in [1.29, 1.82) is 0 Å². The molecule has 8 heteroatoms. The standard InChI is InChI=1S/C22H24N4O4/c1-29-18-5-2-3-6-19(18)30-20-10-15-13-25(12-14(15)9-17(20)27)22(28)16-11-21-23-7-4-8-26(21)24-16/h2-8,11,14-15,17,20,27H,9-10,12-13H2,1H3/t14-,15+,17+,20+/m0/s1. The molecule has 2 aromatic heterocycles. The smallest absolute Gasteiger partial charge is 0.274 e. The van der Waals surface area contributed by atoms with Gasteiger partial charge in [0.1, 0.15) is 6.10 Å². The first-order valence-corrected chi connectivity index (χ1v) is 10.2. The number of aliphatic hydroxyl groups is 1. The summed E-state index contributed by atoms with van der Waals surface area (Å²) in [6, 6.07) is 10.9. The second kappa shape index (κ2) is 7.60. The Balaban J connectivity index is 1.29. The molecular weight excluding hydrogens is 384 g/mol. The molecule has 1 N–H and O–H groups in total. The van der Waals surface area contributed by atoms with Gasteiger partial charge in [-0.15, -0.1) is 0 Å². The molecule has 3 aromatic rings. The zero-order valence-corrected chi connectivity index (χ0v) is 16.7. The van der Waals surface area contributed by atoms with Crippen molar-refractivity contribution in [2.45, 2.75) is 25.0 Å². The van der Waals surface area contributed by atoms with Crippen LogP contribution in [0.1, 0.15) is 23.3 Å². The van der Waals surface area contributed by atoms with Crippen LogP contribution in [0, 0.1) is 11.8 Å². The normalized spacial score (nSPS) is 25.9. The molecule has 2 aliphatic rings. The molecular formula is C22H24N4O4. The Morgan fingerprint density at radius 3 is 2.67 bits per heavy atom. The fourth-order valence-corrected chi connectivity index (χ4v) is 4.66. The van der Waals surface area contributed by atoms with Gasteiger partial charge in [-0.2, -0.15) is 5.10 Å². The van der Waals surface area contributed by atoms with E-state index in [0.717, 1.165) is 0 Å². The van der Waals surface area contributed by atoms with Gasteiger partial charge in [-0.25, -0.2) is 9.50 Å². The average Bonchev–Trinajstić information content (AvgIpc) is 3.37. The number of carbonyl (C=O) groups is 1. The molecule has 0 unspecified atom stereocenters. The lowest BCUT2D eigenvalue weighted by Crippen LogP contribution is -2.42. The average molecular weight is 408 g/mol. The third-order valence-electron chi connectivity index (χ3n) is 6.17. The van der Waals surface area contributed by atoms with Crippen LogP contribution in [-0.4, -0.2) is 62.9 Å². The van der Waals surface area contributed by atoms with Crippen LogP contribution in [0.4, 0.5) is 0 Å². The molecule has 30 heavy (non-hydrogen) atoms. The Morgan fingerprint density at radius 1 is 1.13 bits per heavy atom. The second-order valence-electron chi connectivity index (χ2n) is 8.03. The summed E-state index contributed by atoms with van der Waals surface area (Å²) in [5.41, 5.74) is 1.05. The van der Waals surface area contributed by atoms with Gasteiger partial charge in [0, 0.05) is 31.5 Å². The van der Waals surface area contributed by atoms with Crippen molar-refractivity contribution in [2.24, 2.45) is 11.8 Å². The first-order chi connectivity index (χ1) is 14.6. The molecule has 1 aliphatic carbocycles. The topological polar surface area (TPSA) is 89.2 Å². The molecule has 3 heterocycles. The van der Waals surface area contributed by atoms with Crippen LogP contribution in [0.3, 0.4) is 0 Å². The summed E-state index contributed by atoms with van der Waals surface area (Å²) in [5.74, 6) is 1.73. The van der Waals surface area contributed by atoms with Gasteiger partial charge in [-0.3, -0.25) is 4.79 Å². The minimum absolute atomic E-state index is 0.0911. The minimum atomic E-state index is -0.578. The van der Waals surface area contributed by atoms with E-state index >= 15 is 0 Å². The number of amides is 1. The first-order valence-electron chi connectivity index (χ1n) is 10.2. The number of likely N-dealkylation sites (tertiary alicyclic amines) is 1. The molecule has 4 atom stereocenters. The molecule has 156 valence electrons. The van der Waals surface area contributed by atoms with Crippen LogP contribution in [0.15, 0.2) is 48.8 Å². The van der Waals surface area contributed by atoms with E-state index in [9.17, 15) is 9.90 Å². The zero-order chi connectivity index (χ0) is 20.7. The van der Waals surface area contributed by atoms with Gasteiger partial charge in [0.25, 0.3) is 5.91 Å². The number of para-hydroxylation sites is 2. The second-order valence-corrected chi connectivity index (χ2v) is 8.03. The maximum absolute atomic E-state index is 13.0. The fraction of sp³-hybridized carbons (Fsp3) is 0.409. The predicted molar refractivity (Wildman–Crippen MR) is 109 cm³/mol. The lowest BCUT2D eigenvalue weighted by molar-refractivity contribution is -0.0240. The van der Waals surface area contributed by atoms with E-state index in [0.29, 0.717) is 48.8 Å². The number of ether oxygens (including phenoxy) is 2. The summed E-state index contributed by atoms with van der Waals surface area (Å²) in [6.45, 7) is 1.27. The molecule has 2 fully saturated rings. The lowest BCUT2D eigenvalue weighted by atomic mass is 9.78. The van der Waals surface area contributed by atoms with E-state index in [2.05, 4.69) is 10.1 Å². The van der Waals surface area contributed by atoms with E-state index < -0.39 is 6.10 Å². The molecule has 0 spiro atoms. The van der Waals surface area contributed by atoms with E-state index in [4.69, 9.17) is 9.47 Å². The van der Waals surface area contributed by atoms with Crippen LogP contribution >= 0.6 is 0 Å². The number of rotatable bonds is 4. The summed E-state index contributed by atoms with van der Waals surface area (Å²) in [4.78, 5) is 19.1. The van der Waals surface area contributed by atoms with Gasteiger partial charge in [0.2, 0.25) is 0 Å². The van der Waals surface area contributed by atoms with Crippen LogP contribution in [0.2, 0.25) is 0 Å². The predicted octanol–water partition coefficient (Wildman–Crippen LogP) is 2.03. The molecule has 8 nitrogen and oxygen atoms in total. The van der Waals surface area contributed by atoms with Crippen molar-refractivity contribution in [3.63, 3.8) is 0 Å². The fourth-order valence-electron chi connectivity index (χ4n) is 4.66. The number of hydrogen-bond acceptors (Lipinski definition) is 6. The summed E-state index contributed by atoms with van der Waals surface area (Å²) in [6.07, 6.45) is 3.86. The Labute approximate surface area is 174 Å². The van der Waals surface area contributed by atoms with E-state index in [1.165, 1.54) is 0 Å². The molecule has 1 amide bonds. The van der Waals surface area contributed by atoms with Crippen LogP contribution < -0.4 is 9.47 Å². The van der Waals surface area contributed by atoms with Crippen molar-refractivity contribution >= 4 is 11.6 Å². The van der Waals surface area contributed by atoms with E-state index in [-0.39, 0.29) is 23.8 Å². The van der Waals surface area contributed by atoms with Crippen LogP contribution in [0.25, 0.3) is 5.65 Å². The van der Waals surface area contributed by atoms with Crippen molar-refractivity contribution in [2.75, 3.05) is 20.2 Å². The van der Waals surface area contributed by atoms with E-state index in [1.54, 1.807) is 36.2 Å². The zero-order valence-electron chi connectivity index (χ0n) is 16.7. The third kappa shape index (κ3) is 3.37. The number of methoxy groups -OCH3 is 1. The summed E-state index contributed by atoms with van der Waals surface area (Å²) in [5, 5.41) is 15.0. The SMILES string of the molecule is COc1ccccc1O[C@@H]1C[C@@H]2CN(C(=O)c3cc4ncccn4n3)C[C@@H]2C[C@H]1O. The van der Waals surface area contributed by atoms with Gasteiger partial charge >= 0.3 is 0 Å². The van der Waals surface area contributed by atoms with Crippen molar-refractivity contribution in [3.8, 4) is 11.5 Å². The lowest BCUT2D eigenvalue weighted by Gasteiger charge is -2.35. The van der Waals surface area contributed by atoms with Gasteiger partial charge in [-0.05, 0) is 42.9 Å². The third-order valence-corrected chi connectivity index (χ3v) is 6.17.